The molecule has 0 spiro atoms. The highest BCUT2D eigenvalue weighted by Gasteiger charge is 2.33. The largest absolute Gasteiger partial charge is 0.493 e. The van der Waals surface area contributed by atoms with Gasteiger partial charge in [-0.3, -0.25) is 9.10 Å². The highest BCUT2D eigenvalue weighted by atomic mass is 32.2. The Bertz CT molecular complexity index is 1390. The minimum absolute atomic E-state index is 0.187. The summed E-state index contributed by atoms with van der Waals surface area (Å²) in [6, 6.07) is 14.4. The molecule has 0 unspecified atom stereocenters. The van der Waals surface area contributed by atoms with E-state index in [4.69, 9.17) is 9.47 Å². The molecule has 0 heterocycles. The van der Waals surface area contributed by atoms with Gasteiger partial charge in [0.1, 0.15) is 6.54 Å². The van der Waals surface area contributed by atoms with Gasteiger partial charge < -0.3 is 9.47 Å². The van der Waals surface area contributed by atoms with Crippen LogP contribution in [-0.2, 0) is 21.0 Å². The zero-order chi connectivity index (χ0) is 27.2. The number of rotatable bonds is 9. The van der Waals surface area contributed by atoms with Crippen LogP contribution in [0, 0.1) is 6.92 Å². The van der Waals surface area contributed by atoms with Gasteiger partial charge in [0.25, 0.3) is 15.9 Å². The second kappa shape index (κ2) is 11.3. The van der Waals surface area contributed by atoms with Gasteiger partial charge in [-0.15, -0.1) is 0 Å². The molecule has 3 rings (SSSR count). The van der Waals surface area contributed by atoms with Gasteiger partial charge in [-0.2, -0.15) is 18.3 Å². The molecule has 0 aliphatic heterocycles. The fourth-order valence-corrected chi connectivity index (χ4v) is 4.76. The Balaban J connectivity index is 1.92. The number of nitrogens with one attached hydrogen (secondary N) is 1. The first kappa shape index (κ1) is 27.5. The summed E-state index contributed by atoms with van der Waals surface area (Å²) in [5.41, 5.74) is 2.06. The van der Waals surface area contributed by atoms with Crippen molar-refractivity contribution in [2.45, 2.75) is 18.0 Å². The molecule has 1 amide bonds. The number of amides is 1. The number of methoxy groups -OCH3 is 2. The van der Waals surface area contributed by atoms with E-state index in [1.807, 2.05) is 0 Å². The molecule has 0 aliphatic carbocycles. The van der Waals surface area contributed by atoms with Crippen molar-refractivity contribution in [2.24, 2.45) is 5.10 Å². The summed E-state index contributed by atoms with van der Waals surface area (Å²) in [5.74, 6) is -0.0977. The number of nitrogens with zero attached hydrogens (tertiary/aromatic N) is 2. The number of carbonyl (C=O) groups is 1. The lowest BCUT2D eigenvalue weighted by Crippen LogP contribution is -2.39. The molecule has 37 heavy (non-hydrogen) atoms. The minimum atomic E-state index is -4.71. The first-order valence-electron chi connectivity index (χ1n) is 10.8. The molecule has 0 aromatic heterocycles. The summed E-state index contributed by atoms with van der Waals surface area (Å²) >= 11 is 0. The molecule has 0 saturated carbocycles. The Morgan fingerprint density at radius 3 is 2.32 bits per heavy atom. The summed E-state index contributed by atoms with van der Waals surface area (Å²) < 4.78 is 77.8. The third-order valence-corrected chi connectivity index (χ3v) is 6.97. The van der Waals surface area contributed by atoms with E-state index in [2.05, 4.69) is 10.5 Å². The lowest BCUT2D eigenvalue weighted by molar-refractivity contribution is -0.137. The van der Waals surface area contributed by atoms with E-state index in [9.17, 15) is 26.4 Å². The Labute approximate surface area is 212 Å². The second-order valence-electron chi connectivity index (χ2n) is 7.75. The smallest absolute Gasteiger partial charge is 0.416 e. The van der Waals surface area contributed by atoms with Gasteiger partial charge >= 0.3 is 6.18 Å². The molecule has 0 radical (unpaired) electrons. The van der Waals surface area contributed by atoms with Crippen LogP contribution in [0.4, 0.5) is 18.9 Å². The topological polar surface area (TPSA) is 97.3 Å². The molecule has 0 fully saturated rings. The fourth-order valence-electron chi connectivity index (χ4n) is 3.34. The monoisotopic (exact) mass is 535 g/mol. The maximum Gasteiger partial charge on any atom is 0.416 e. The number of alkyl halides is 3. The van der Waals surface area contributed by atoms with Crippen molar-refractivity contribution in [1.82, 2.24) is 5.43 Å². The summed E-state index contributed by atoms with van der Waals surface area (Å²) in [6.45, 7) is 0.924. The van der Waals surface area contributed by atoms with Crippen LogP contribution in [0.15, 0.2) is 76.7 Å². The van der Waals surface area contributed by atoms with Crippen LogP contribution in [0.3, 0.4) is 0 Å². The van der Waals surface area contributed by atoms with Crippen LogP contribution in [0.2, 0.25) is 0 Å². The van der Waals surface area contributed by atoms with E-state index in [-0.39, 0.29) is 10.6 Å². The van der Waals surface area contributed by atoms with Gasteiger partial charge in [0.05, 0.1) is 36.6 Å². The first-order chi connectivity index (χ1) is 17.5. The van der Waals surface area contributed by atoms with Crippen molar-refractivity contribution < 1.29 is 35.9 Å². The van der Waals surface area contributed by atoms with Gasteiger partial charge in [-0.05, 0) is 49.4 Å². The lowest BCUT2D eigenvalue weighted by atomic mass is 10.2. The molecule has 196 valence electrons. The maximum absolute atomic E-state index is 13.4. The summed E-state index contributed by atoms with van der Waals surface area (Å²) in [7, 11) is -1.53. The number of hydrogen-bond donors (Lipinski definition) is 1. The van der Waals surface area contributed by atoms with E-state index in [1.165, 1.54) is 38.6 Å². The molecule has 3 aromatic rings. The second-order valence-corrected chi connectivity index (χ2v) is 9.61. The third-order valence-electron chi connectivity index (χ3n) is 5.18. The highest BCUT2D eigenvalue weighted by Crippen LogP contribution is 2.33. The average Bonchev–Trinajstić information content (AvgIpc) is 2.86. The lowest BCUT2D eigenvalue weighted by Gasteiger charge is -2.24. The molecule has 0 bridgehead atoms. The molecule has 0 aliphatic rings. The number of anilines is 1. The molecule has 12 heteroatoms. The average molecular weight is 536 g/mol. The van der Waals surface area contributed by atoms with E-state index >= 15 is 0 Å². The van der Waals surface area contributed by atoms with Gasteiger partial charge in [0.2, 0.25) is 0 Å². The molecule has 0 saturated heterocycles. The fraction of sp³-hybridized carbons (Fsp3) is 0.200. The van der Waals surface area contributed by atoms with Crippen LogP contribution in [0.25, 0.3) is 0 Å². The third kappa shape index (κ3) is 6.58. The molecule has 0 atom stereocenters. The van der Waals surface area contributed by atoms with Crippen molar-refractivity contribution in [1.29, 1.82) is 0 Å². The van der Waals surface area contributed by atoms with Crippen molar-refractivity contribution >= 4 is 27.8 Å². The van der Waals surface area contributed by atoms with Crippen LogP contribution >= 0.6 is 0 Å². The molecule has 1 N–H and O–H groups in total. The van der Waals surface area contributed by atoms with Crippen molar-refractivity contribution in [3.05, 3.63) is 83.4 Å². The Morgan fingerprint density at radius 2 is 1.70 bits per heavy atom. The SMILES string of the molecule is COc1cccc(/C=N\NC(=O)CN(c2cccc(C(F)(F)F)c2)S(=O)(=O)c2ccc(C)cc2)c1OC. The quantitative estimate of drug-likeness (QED) is 0.324. The highest BCUT2D eigenvalue weighted by molar-refractivity contribution is 7.92. The molecular weight excluding hydrogens is 511 g/mol. The zero-order valence-corrected chi connectivity index (χ0v) is 20.9. The minimum Gasteiger partial charge on any atom is -0.493 e. The summed E-state index contributed by atoms with van der Waals surface area (Å²) in [6.07, 6.45) is -3.44. The summed E-state index contributed by atoms with van der Waals surface area (Å²) in [4.78, 5) is 12.5. The van der Waals surface area contributed by atoms with Crippen LogP contribution in [0.5, 0.6) is 11.5 Å². The Kier molecular flexibility index (Phi) is 8.43. The number of ether oxygens (including phenoxy) is 2. The van der Waals surface area contributed by atoms with Gasteiger partial charge in [0.15, 0.2) is 11.5 Å². The van der Waals surface area contributed by atoms with Crippen LogP contribution in [0.1, 0.15) is 16.7 Å². The molecular formula is C25H24F3N3O5S. The van der Waals surface area contributed by atoms with Crippen LogP contribution < -0.4 is 19.2 Å². The van der Waals surface area contributed by atoms with E-state index < -0.39 is 34.2 Å². The number of halogens is 3. The van der Waals surface area contributed by atoms with Crippen molar-refractivity contribution in [2.75, 3.05) is 25.1 Å². The Morgan fingerprint density at radius 1 is 1.03 bits per heavy atom. The number of carbonyl (C=O) groups excluding carboxylic acids is 1. The summed E-state index contributed by atoms with van der Waals surface area (Å²) in [5, 5.41) is 3.83. The number of hydrazone groups is 1. The van der Waals surface area contributed by atoms with Gasteiger partial charge in [-0.1, -0.05) is 29.8 Å². The van der Waals surface area contributed by atoms with Gasteiger partial charge in [0, 0.05) is 5.56 Å². The number of sulfonamides is 1. The number of hydrogen-bond acceptors (Lipinski definition) is 6. The Hall–Kier alpha value is -4.06. The predicted octanol–water partition coefficient (Wildman–Crippen LogP) is 4.38. The van der Waals surface area contributed by atoms with E-state index in [0.29, 0.717) is 27.4 Å². The number of benzene rings is 3. The zero-order valence-electron chi connectivity index (χ0n) is 20.1. The molecule has 3 aromatic carbocycles. The number of aryl methyl sites for hydroxylation is 1. The number of para-hydroxylation sites is 1. The van der Waals surface area contributed by atoms with Crippen LogP contribution in [-0.4, -0.2) is 41.3 Å². The normalized spacial score (nSPS) is 11.8. The van der Waals surface area contributed by atoms with Crippen molar-refractivity contribution in [3.63, 3.8) is 0 Å². The van der Waals surface area contributed by atoms with E-state index in [0.717, 1.165) is 17.7 Å². The van der Waals surface area contributed by atoms with Crippen molar-refractivity contribution in [3.8, 4) is 11.5 Å². The maximum atomic E-state index is 13.4. The first-order valence-corrected chi connectivity index (χ1v) is 12.2. The standard InChI is InChI=1S/C25H24F3N3O5S/c1-17-10-12-21(13-11-17)37(33,34)31(20-8-5-7-19(14-20)25(26,27)28)16-23(32)30-29-15-18-6-4-9-22(35-2)24(18)36-3/h4-15H,16H2,1-3H3,(H,30,32)/b29-15-. The molecule has 8 nitrogen and oxygen atoms in total. The van der Waals surface area contributed by atoms with E-state index in [1.54, 1.807) is 37.3 Å². The van der Waals surface area contributed by atoms with Gasteiger partial charge in [-0.25, -0.2) is 13.8 Å². The predicted molar refractivity (Wildman–Crippen MR) is 132 cm³/mol.